The molecule has 3 nitrogen and oxygen atoms in total. The van der Waals surface area contributed by atoms with Crippen molar-refractivity contribution < 1.29 is 0 Å². The van der Waals surface area contributed by atoms with E-state index in [4.69, 9.17) is 23.2 Å². The van der Waals surface area contributed by atoms with Gasteiger partial charge in [-0.15, -0.1) is 0 Å². The van der Waals surface area contributed by atoms with E-state index >= 15 is 0 Å². The lowest BCUT2D eigenvalue weighted by atomic mass is 10.1. The summed E-state index contributed by atoms with van der Waals surface area (Å²) < 4.78 is 0. The zero-order valence-corrected chi connectivity index (χ0v) is 10.0. The number of pyridine rings is 1. The second kappa shape index (κ2) is 4.66. The topological polar surface area (TPSA) is 28.2 Å². The van der Waals surface area contributed by atoms with Gasteiger partial charge in [0.25, 0.3) is 0 Å². The third-order valence-corrected chi connectivity index (χ3v) is 3.22. The highest BCUT2D eigenvalue weighted by molar-refractivity contribution is 6.32. The van der Waals surface area contributed by atoms with Crippen LogP contribution in [0.4, 0.5) is 0 Å². The summed E-state index contributed by atoms with van der Waals surface area (Å²) >= 11 is 11.9. The second-order valence-corrected chi connectivity index (χ2v) is 4.58. The van der Waals surface area contributed by atoms with Crippen LogP contribution in [-0.2, 0) is 6.54 Å². The Morgan fingerprint density at radius 2 is 2.20 bits per heavy atom. The highest BCUT2D eigenvalue weighted by Gasteiger charge is 2.22. The Kier molecular flexibility index (Phi) is 3.46. The van der Waals surface area contributed by atoms with Gasteiger partial charge in [-0.05, 0) is 19.2 Å². The molecular formula is C10H13Cl2N3. The molecule has 2 heterocycles. The van der Waals surface area contributed by atoms with E-state index in [2.05, 4.69) is 22.2 Å². The fraction of sp³-hybridized carbons (Fsp3) is 0.500. The summed E-state index contributed by atoms with van der Waals surface area (Å²) in [6.07, 6.45) is 0. The molecule has 0 amide bonds. The van der Waals surface area contributed by atoms with E-state index in [1.54, 1.807) is 12.1 Å². The third-order valence-electron chi connectivity index (χ3n) is 2.67. The first-order valence-corrected chi connectivity index (χ1v) is 5.64. The number of hydrogen-bond donors (Lipinski definition) is 1. The molecule has 0 spiro atoms. The predicted molar refractivity (Wildman–Crippen MR) is 62.4 cm³/mol. The summed E-state index contributed by atoms with van der Waals surface area (Å²) in [6, 6.07) is 4.08. The maximum absolute atomic E-state index is 6.04. The van der Waals surface area contributed by atoms with Crippen LogP contribution in [0.3, 0.4) is 0 Å². The largest absolute Gasteiger partial charge is 0.314 e. The molecule has 5 heteroatoms. The number of rotatable bonds is 3. The van der Waals surface area contributed by atoms with Crippen molar-refractivity contribution in [2.75, 3.05) is 20.1 Å². The van der Waals surface area contributed by atoms with Crippen LogP contribution >= 0.6 is 23.2 Å². The van der Waals surface area contributed by atoms with Gasteiger partial charge in [-0.2, -0.15) is 0 Å². The van der Waals surface area contributed by atoms with Gasteiger partial charge in [0.2, 0.25) is 0 Å². The lowest BCUT2D eigenvalue weighted by Crippen LogP contribution is -2.55. The molecule has 2 rings (SSSR count). The first-order valence-electron chi connectivity index (χ1n) is 4.88. The Balaban J connectivity index is 2.05. The monoisotopic (exact) mass is 245 g/mol. The highest BCUT2D eigenvalue weighted by atomic mass is 35.5. The molecule has 0 radical (unpaired) electrons. The summed E-state index contributed by atoms with van der Waals surface area (Å²) in [4.78, 5) is 6.46. The van der Waals surface area contributed by atoms with Crippen LogP contribution in [-0.4, -0.2) is 36.1 Å². The molecule has 1 aromatic rings. The van der Waals surface area contributed by atoms with Gasteiger partial charge in [-0.25, -0.2) is 4.98 Å². The fourth-order valence-electron chi connectivity index (χ4n) is 1.52. The van der Waals surface area contributed by atoms with E-state index in [9.17, 15) is 0 Å². The van der Waals surface area contributed by atoms with Crippen LogP contribution in [0.1, 0.15) is 5.69 Å². The third kappa shape index (κ3) is 2.61. The minimum absolute atomic E-state index is 0.495. The van der Waals surface area contributed by atoms with Crippen LogP contribution in [0.5, 0.6) is 0 Å². The summed E-state index contributed by atoms with van der Waals surface area (Å²) in [5.74, 6) is 0. The quantitative estimate of drug-likeness (QED) is 0.824. The summed E-state index contributed by atoms with van der Waals surface area (Å²) in [7, 11) is 2.07. The summed E-state index contributed by atoms with van der Waals surface area (Å²) in [5.41, 5.74) is 0.846. The Morgan fingerprint density at radius 1 is 1.47 bits per heavy atom. The van der Waals surface area contributed by atoms with Gasteiger partial charge in [0, 0.05) is 25.7 Å². The maximum atomic E-state index is 6.04. The molecule has 0 aliphatic carbocycles. The Morgan fingerprint density at radius 3 is 2.80 bits per heavy atom. The normalized spacial score (nSPS) is 16.8. The minimum atomic E-state index is 0.495. The van der Waals surface area contributed by atoms with Crippen molar-refractivity contribution in [2.24, 2.45) is 0 Å². The van der Waals surface area contributed by atoms with Crippen LogP contribution in [0.2, 0.25) is 10.2 Å². The molecule has 0 atom stereocenters. The van der Waals surface area contributed by atoms with Crippen LogP contribution < -0.4 is 5.32 Å². The lowest BCUT2D eigenvalue weighted by molar-refractivity contribution is 0.171. The van der Waals surface area contributed by atoms with E-state index in [0.717, 1.165) is 25.3 Å². The molecule has 0 saturated carbocycles. The Hall–Kier alpha value is -0.350. The van der Waals surface area contributed by atoms with Gasteiger partial charge in [0.05, 0.1) is 10.7 Å². The zero-order valence-electron chi connectivity index (χ0n) is 8.50. The molecule has 0 bridgehead atoms. The molecule has 0 aromatic carbocycles. The number of halogens is 2. The van der Waals surface area contributed by atoms with Gasteiger partial charge in [0.1, 0.15) is 5.15 Å². The number of hydrogen-bond acceptors (Lipinski definition) is 3. The highest BCUT2D eigenvalue weighted by Crippen LogP contribution is 2.19. The van der Waals surface area contributed by atoms with Crippen LogP contribution in [0.15, 0.2) is 12.1 Å². The molecule has 0 unspecified atom stereocenters. The molecule has 1 saturated heterocycles. The summed E-state index contributed by atoms with van der Waals surface area (Å²) in [5, 5.41) is 4.41. The minimum Gasteiger partial charge on any atom is -0.314 e. The Bertz CT molecular complexity index is 353. The van der Waals surface area contributed by atoms with Crippen molar-refractivity contribution in [1.82, 2.24) is 15.2 Å². The smallest absolute Gasteiger partial charge is 0.129 e. The van der Waals surface area contributed by atoms with Crippen molar-refractivity contribution >= 4 is 23.2 Å². The van der Waals surface area contributed by atoms with Crippen LogP contribution in [0.25, 0.3) is 0 Å². The zero-order chi connectivity index (χ0) is 10.8. The number of likely N-dealkylation sites (N-methyl/N-ethyl adjacent to an activating group) is 1. The van der Waals surface area contributed by atoms with E-state index in [-0.39, 0.29) is 0 Å². The van der Waals surface area contributed by atoms with E-state index < -0.39 is 0 Å². The molecular weight excluding hydrogens is 233 g/mol. The molecule has 1 aromatic heterocycles. The number of nitrogens with zero attached hydrogens (tertiary/aromatic N) is 2. The molecule has 1 fully saturated rings. The molecule has 1 aliphatic rings. The fourth-order valence-corrected chi connectivity index (χ4v) is 1.85. The Labute approximate surface area is 99.4 Å². The number of aromatic nitrogens is 1. The summed E-state index contributed by atoms with van der Waals surface area (Å²) in [6.45, 7) is 2.81. The van der Waals surface area contributed by atoms with Crippen LogP contribution in [0, 0.1) is 0 Å². The van der Waals surface area contributed by atoms with Gasteiger partial charge in [-0.1, -0.05) is 23.2 Å². The SMILES string of the molecule is CN(Cc1nc(Cl)ccc1Cl)C1CNC1. The number of nitrogens with one attached hydrogen (secondary N) is 1. The molecule has 82 valence electrons. The maximum Gasteiger partial charge on any atom is 0.129 e. The van der Waals surface area contributed by atoms with Gasteiger partial charge in [-0.3, -0.25) is 4.90 Å². The van der Waals surface area contributed by atoms with Gasteiger partial charge < -0.3 is 5.32 Å². The van der Waals surface area contributed by atoms with Crippen molar-refractivity contribution in [2.45, 2.75) is 12.6 Å². The molecule has 1 N–H and O–H groups in total. The van der Waals surface area contributed by atoms with Gasteiger partial charge >= 0.3 is 0 Å². The van der Waals surface area contributed by atoms with Crippen molar-refractivity contribution in [3.8, 4) is 0 Å². The van der Waals surface area contributed by atoms with E-state index in [1.165, 1.54) is 0 Å². The van der Waals surface area contributed by atoms with Crippen molar-refractivity contribution in [1.29, 1.82) is 0 Å². The molecule has 1 aliphatic heterocycles. The average Bonchev–Trinajstić information content (AvgIpc) is 2.08. The van der Waals surface area contributed by atoms with Crippen molar-refractivity contribution in [3.05, 3.63) is 28.0 Å². The second-order valence-electron chi connectivity index (χ2n) is 3.79. The first kappa shape index (κ1) is 11.1. The lowest BCUT2D eigenvalue weighted by Gasteiger charge is -2.35. The molecule has 15 heavy (non-hydrogen) atoms. The van der Waals surface area contributed by atoms with E-state index in [0.29, 0.717) is 16.2 Å². The van der Waals surface area contributed by atoms with Crippen molar-refractivity contribution in [3.63, 3.8) is 0 Å². The first-order chi connectivity index (χ1) is 7.16. The standard InChI is InChI=1S/C10H13Cl2N3/c1-15(7-4-13-5-7)6-9-8(11)2-3-10(12)14-9/h2-3,7,13H,4-6H2,1H3. The average molecular weight is 246 g/mol. The predicted octanol–water partition coefficient (Wildman–Crippen LogP) is 1.79. The van der Waals surface area contributed by atoms with Gasteiger partial charge in [0.15, 0.2) is 0 Å². The van der Waals surface area contributed by atoms with E-state index in [1.807, 2.05) is 0 Å².